The number of quaternary nitrogens is 2. The normalized spacial score (nSPS) is 11.8. The third-order valence-electron chi connectivity index (χ3n) is 6.54. The summed E-state index contributed by atoms with van der Waals surface area (Å²) in [6.45, 7) is 9.95. The zero-order valence-corrected chi connectivity index (χ0v) is 25.0. The molecule has 0 fully saturated rings. The molecule has 0 aliphatic carbocycles. The van der Waals surface area contributed by atoms with E-state index in [1.165, 1.54) is 138 Å². The number of unbranched alkanes of at least 4 members (excludes halogenated alkanes) is 14. The summed E-state index contributed by atoms with van der Waals surface area (Å²) in [5, 5.41) is 0. The number of likely N-dealkylation sites (N-methyl/N-ethyl adjacent to an activating group) is 2. The first-order chi connectivity index (χ1) is 13.3. The molecular weight excluding hydrogens is 500 g/mol. The summed E-state index contributed by atoms with van der Waals surface area (Å²) >= 11 is 0. The lowest BCUT2D eigenvalue weighted by Crippen LogP contribution is -3.00. The first-order valence-corrected chi connectivity index (χ1v) is 13.0. The van der Waals surface area contributed by atoms with Crippen LogP contribution in [0.1, 0.15) is 117 Å². The Morgan fingerprint density at radius 3 is 0.833 bits per heavy atom. The SMILES string of the molecule is CCCCCCCCCC[N+](C)(C)CC[N+](C)(C)CCCCCCCCCC.[Br-].[Br-]. The zero-order chi connectivity index (χ0) is 21.1. The van der Waals surface area contributed by atoms with Crippen LogP contribution in [0.15, 0.2) is 0 Å². The monoisotopic (exact) mass is 556 g/mol. The van der Waals surface area contributed by atoms with Crippen molar-refractivity contribution in [2.24, 2.45) is 0 Å². The van der Waals surface area contributed by atoms with Crippen molar-refractivity contribution in [3.05, 3.63) is 0 Å². The van der Waals surface area contributed by atoms with E-state index >= 15 is 0 Å². The molecule has 0 radical (unpaired) electrons. The number of hydrogen-bond acceptors (Lipinski definition) is 0. The van der Waals surface area contributed by atoms with Crippen molar-refractivity contribution in [1.29, 1.82) is 0 Å². The van der Waals surface area contributed by atoms with Gasteiger partial charge >= 0.3 is 0 Å². The van der Waals surface area contributed by atoms with Crippen molar-refractivity contribution in [3.8, 4) is 0 Å². The van der Waals surface area contributed by atoms with E-state index in [0.29, 0.717) is 0 Å². The van der Waals surface area contributed by atoms with Gasteiger partial charge in [-0.2, -0.15) is 0 Å². The van der Waals surface area contributed by atoms with Crippen LogP contribution in [0.3, 0.4) is 0 Å². The molecule has 186 valence electrons. The van der Waals surface area contributed by atoms with Crippen LogP contribution in [0.2, 0.25) is 0 Å². The number of hydrogen-bond donors (Lipinski definition) is 0. The molecule has 2 nitrogen and oxygen atoms in total. The lowest BCUT2D eigenvalue weighted by molar-refractivity contribution is -0.946. The fourth-order valence-corrected chi connectivity index (χ4v) is 4.11. The summed E-state index contributed by atoms with van der Waals surface area (Å²) in [6.07, 6.45) is 22.9. The van der Waals surface area contributed by atoms with Gasteiger partial charge in [0.2, 0.25) is 0 Å². The molecule has 0 N–H and O–H groups in total. The molecule has 0 bridgehead atoms. The van der Waals surface area contributed by atoms with E-state index in [1.807, 2.05) is 0 Å². The average molecular weight is 559 g/mol. The second-order valence-electron chi connectivity index (χ2n) is 10.7. The minimum absolute atomic E-state index is 0. The Morgan fingerprint density at radius 1 is 0.333 bits per heavy atom. The Bertz CT molecular complexity index is 301. The maximum Gasteiger partial charge on any atom is 0.128 e. The van der Waals surface area contributed by atoms with Gasteiger partial charge in [0, 0.05) is 0 Å². The molecule has 0 aliphatic heterocycles. The topological polar surface area (TPSA) is 0 Å². The van der Waals surface area contributed by atoms with Gasteiger partial charge in [-0.15, -0.1) is 0 Å². The standard InChI is InChI=1S/C26H58N2.2BrH/c1-7-9-11-13-15-17-19-21-23-27(3,4)25-26-28(5,6)24-22-20-18-16-14-12-10-8-2;;/h7-26H2,1-6H3;2*1H/q+2;;/p-2. The molecule has 0 spiro atoms. The first kappa shape index (κ1) is 35.5. The lowest BCUT2D eigenvalue weighted by Gasteiger charge is -2.36. The first-order valence-electron chi connectivity index (χ1n) is 13.0. The molecule has 0 unspecified atom stereocenters. The Labute approximate surface area is 213 Å². The van der Waals surface area contributed by atoms with Gasteiger partial charge in [0.25, 0.3) is 0 Å². The van der Waals surface area contributed by atoms with E-state index in [4.69, 9.17) is 0 Å². The van der Waals surface area contributed by atoms with Gasteiger partial charge in [0.15, 0.2) is 0 Å². The van der Waals surface area contributed by atoms with Crippen molar-refractivity contribution in [2.45, 2.75) is 117 Å². The molecule has 0 aromatic heterocycles. The Balaban J connectivity index is -0.00000364. The van der Waals surface area contributed by atoms with E-state index < -0.39 is 0 Å². The van der Waals surface area contributed by atoms with Gasteiger partial charge in [-0.25, -0.2) is 0 Å². The van der Waals surface area contributed by atoms with Gasteiger partial charge in [0.05, 0.1) is 41.3 Å². The largest absolute Gasteiger partial charge is 1.00 e. The fraction of sp³-hybridized carbons (Fsp3) is 1.00. The van der Waals surface area contributed by atoms with Crippen LogP contribution in [0, 0.1) is 0 Å². The summed E-state index contributed by atoms with van der Waals surface area (Å²) in [5.41, 5.74) is 0. The predicted octanol–water partition coefficient (Wildman–Crippen LogP) is 1.43. The second kappa shape index (κ2) is 23.1. The third-order valence-corrected chi connectivity index (χ3v) is 6.54. The Kier molecular flexibility index (Phi) is 27.3. The van der Waals surface area contributed by atoms with Crippen molar-refractivity contribution in [2.75, 3.05) is 54.4 Å². The highest BCUT2D eigenvalue weighted by atomic mass is 79.9. The van der Waals surface area contributed by atoms with E-state index in [1.54, 1.807) is 0 Å². The van der Waals surface area contributed by atoms with Crippen LogP contribution >= 0.6 is 0 Å². The summed E-state index contributed by atoms with van der Waals surface area (Å²) in [7, 11) is 9.77. The van der Waals surface area contributed by atoms with Crippen LogP contribution in [0.25, 0.3) is 0 Å². The molecular formula is C26H58Br2N2. The summed E-state index contributed by atoms with van der Waals surface area (Å²) < 4.78 is 2.41. The number of rotatable bonds is 21. The van der Waals surface area contributed by atoms with Crippen LogP contribution in [-0.4, -0.2) is 63.3 Å². The fourth-order valence-electron chi connectivity index (χ4n) is 4.11. The van der Waals surface area contributed by atoms with Gasteiger partial charge in [0.1, 0.15) is 13.1 Å². The van der Waals surface area contributed by atoms with Crippen molar-refractivity contribution >= 4 is 0 Å². The van der Waals surface area contributed by atoms with E-state index in [0.717, 1.165) is 0 Å². The van der Waals surface area contributed by atoms with Crippen molar-refractivity contribution in [3.63, 3.8) is 0 Å². The average Bonchev–Trinajstić information content (AvgIpc) is 2.65. The molecule has 0 heterocycles. The molecule has 0 amide bonds. The molecule has 4 heteroatoms. The van der Waals surface area contributed by atoms with Gasteiger partial charge in [-0.05, 0) is 25.7 Å². The van der Waals surface area contributed by atoms with Crippen molar-refractivity contribution in [1.82, 2.24) is 0 Å². The molecule has 30 heavy (non-hydrogen) atoms. The maximum absolute atomic E-state index is 2.44. The molecule has 0 aromatic rings. The van der Waals surface area contributed by atoms with Gasteiger partial charge in [-0.1, -0.05) is 90.9 Å². The maximum atomic E-state index is 2.44. The molecule has 0 saturated heterocycles. The molecule has 0 aromatic carbocycles. The summed E-state index contributed by atoms with van der Waals surface area (Å²) in [5.74, 6) is 0. The van der Waals surface area contributed by atoms with Crippen LogP contribution < -0.4 is 34.0 Å². The smallest absolute Gasteiger partial charge is 0.128 e. The lowest BCUT2D eigenvalue weighted by atomic mass is 10.1. The minimum Gasteiger partial charge on any atom is -1.00 e. The summed E-state index contributed by atoms with van der Waals surface area (Å²) in [6, 6.07) is 0. The highest BCUT2D eigenvalue weighted by Gasteiger charge is 2.22. The molecule has 0 atom stereocenters. The predicted molar refractivity (Wildman–Crippen MR) is 129 cm³/mol. The zero-order valence-electron chi connectivity index (χ0n) is 21.8. The highest BCUT2D eigenvalue weighted by Crippen LogP contribution is 2.13. The van der Waals surface area contributed by atoms with Crippen molar-refractivity contribution < 1.29 is 42.9 Å². The van der Waals surface area contributed by atoms with Crippen LogP contribution in [0.4, 0.5) is 0 Å². The molecule has 0 saturated carbocycles. The van der Waals surface area contributed by atoms with Gasteiger partial charge < -0.3 is 42.9 Å². The minimum atomic E-state index is 0. The Hall–Kier alpha value is 0.880. The van der Waals surface area contributed by atoms with E-state index in [9.17, 15) is 0 Å². The van der Waals surface area contributed by atoms with Crippen LogP contribution in [-0.2, 0) is 0 Å². The van der Waals surface area contributed by atoms with E-state index in [2.05, 4.69) is 42.0 Å². The third kappa shape index (κ3) is 25.1. The summed E-state index contributed by atoms with van der Waals surface area (Å²) in [4.78, 5) is 0. The quantitative estimate of drug-likeness (QED) is 0.148. The van der Waals surface area contributed by atoms with Crippen LogP contribution in [0.5, 0.6) is 0 Å². The van der Waals surface area contributed by atoms with E-state index in [-0.39, 0.29) is 34.0 Å². The second-order valence-corrected chi connectivity index (χ2v) is 10.7. The molecule has 0 aliphatic rings. The number of nitrogens with zero attached hydrogens (tertiary/aromatic N) is 2. The highest BCUT2D eigenvalue weighted by molar-refractivity contribution is 4.48. The molecule has 0 rings (SSSR count). The Morgan fingerprint density at radius 2 is 0.567 bits per heavy atom. The number of halogens is 2. The van der Waals surface area contributed by atoms with Gasteiger partial charge in [-0.3, -0.25) is 0 Å².